The van der Waals surface area contributed by atoms with E-state index in [4.69, 9.17) is 0 Å². The molecule has 114 valence electrons. The summed E-state index contributed by atoms with van der Waals surface area (Å²) >= 11 is 0. The number of hydrogen-bond donors (Lipinski definition) is 1. The molecule has 1 aromatic carbocycles. The zero-order chi connectivity index (χ0) is 15.2. The molecule has 1 N–H and O–H groups in total. The van der Waals surface area contributed by atoms with Crippen LogP contribution in [0.3, 0.4) is 0 Å². The lowest BCUT2D eigenvalue weighted by Gasteiger charge is -2.26. The van der Waals surface area contributed by atoms with Crippen molar-refractivity contribution in [2.24, 2.45) is 5.92 Å². The average Bonchev–Trinajstić information content (AvgIpc) is 2.39. The molecule has 0 saturated carbocycles. The van der Waals surface area contributed by atoms with Gasteiger partial charge in [-0.25, -0.2) is 8.42 Å². The lowest BCUT2D eigenvalue weighted by Crippen LogP contribution is -2.27. The average molecular weight is 297 g/mol. The van der Waals surface area contributed by atoms with E-state index in [0.29, 0.717) is 10.8 Å². The Bertz CT molecular complexity index is 511. The fourth-order valence-electron chi connectivity index (χ4n) is 2.51. The molecule has 0 aliphatic rings. The van der Waals surface area contributed by atoms with Gasteiger partial charge in [0.05, 0.1) is 4.90 Å². The molecule has 0 saturated heterocycles. The number of hydrogen-bond acceptors (Lipinski definition) is 3. The Kier molecular flexibility index (Phi) is 6.69. The molecular formula is C16H27NO2S. The fraction of sp³-hybridized carbons (Fsp3) is 0.625. The van der Waals surface area contributed by atoms with Crippen LogP contribution in [-0.2, 0) is 9.84 Å². The first kappa shape index (κ1) is 17.2. The summed E-state index contributed by atoms with van der Waals surface area (Å²) in [7, 11) is -3.15. The number of sulfone groups is 1. The lowest BCUT2D eigenvalue weighted by atomic mass is 9.91. The van der Waals surface area contributed by atoms with Crippen molar-refractivity contribution in [2.45, 2.75) is 51.0 Å². The van der Waals surface area contributed by atoms with Gasteiger partial charge in [-0.3, -0.25) is 0 Å². The Labute approximate surface area is 123 Å². The van der Waals surface area contributed by atoms with Gasteiger partial charge >= 0.3 is 0 Å². The SMILES string of the molecule is CCCNC(c1cccc(S(C)(=O)=O)c1)C(C)CCC. The van der Waals surface area contributed by atoms with Crippen LogP contribution in [0.2, 0.25) is 0 Å². The molecule has 0 aliphatic carbocycles. The smallest absolute Gasteiger partial charge is 0.175 e. The molecule has 0 radical (unpaired) electrons. The molecule has 20 heavy (non-hydrogen) atoms. The first-order valence-corrected chi connectivity index (χ1v) is 9.32. The summed E-state index contributed by atoms with van der Waals surface area (Å²) in [4.78, 5) is 0.405. The second kappa shape index (κ2) is 7.79. The molecule has 0 aliphatic heterocycles. The molecular weight excluding hydrogens is 270 g/mol. The highest BCUT2D eigenvalue weighted by molar-refractivity contribution is 7.90. The normalized spacial score (nSPS) is 15.0. The van der Waals surface area contributed by atoms with Crippen LogP contribution >= 0.6 is 0 Å². The molecule has 2 unspecified atom stereocenters. The van der Waals surface area contributed by atoms with E-state index in [1.807, 2.05) is 18.2 Å². The Morgan fingerprint density at radius 2 is 1.90 bits per heavy atom. The molecule has 2 atom stereocenters. The maximum absolute atomic E-state index is 11.7. The van der Waals surface area contributed by atoms with Crippen molar-refractivity contribution in [1.82, 2.24) is 5.32 Å². The Hall–Kier alpha value is -0.870. The maximum atomic E-state index is 11.7. The van der Waals surface area contributed by atoms with Crippen LogP contribution in [0.25, 0.3) is 0 Å². The van der Waals surface area contributed by atoms with Crippen molar-refractivity contribution in [3.05, 3.63) is 29.8 Å². The molecule has 4 heteroatoms. The van der Waals surface area contributed by atoms with Crippen LogP contribution in [0.5, 0.6) is 0 Å². The van der Waals surface area contributed by atoms with E-state index in [1.54, 1.807) is 6.07 Å². The third-order valence-electron chi connectivity index (χ3n) is 3.57. The lowest BCUT2D eigenvalue weighted by molar-refractivity contribution is 0.363. The van der Waals surface area contributed by atoms with Crippen molar-refractivity contribution in [1.29, 1.82) is 0 Å². The number of nitrogens with one attached hydrogen (secondary N) is 1. The van der Waals surface area contributed by atoms with Gasteiger partial charge in [-0.1, -0.05) is 39.3 Å². The quantitative estimate of drug-likeness (QED) is 0.798. The molecule has 0 amide bonds. The first-order valence-electron chi connectivity index (χ1n) is 7.43. The summed E-state index contributed by atoms with van der Waals surface area (Å²) in [6, 6.07) is 7.56. The van der Waals surface area contributed by atoms with Crippen LogP contribution in [-0.4, -0.2) is 21.2 Å². The van der Waals surface area contributed by atoms with Crippen LogP contribution in [0, 0.1) is 5.92 Å². The molecule has 3 nitrogen and oxygen atoms in total. The third kappa shape index (κ3) is 4.91. The summed E-state index contributed by atoms with van der Waals surface area (Å²) < 4.78 is 23.4. The third-order valence-corrected chi connectivity index (χ3v) is 4.68. The fourth-order valence-corrected chi connectivity index (χ4v) is 3.18. The first-order chi connectivity index (χ1) is 9.40. The van der Waals surface area contributed by atoms with E-state index in [1.165, 1.54) is 6.26 Å². The molecule has 0 bridgehead atoms. The highest BCUT2D eigenvalue weighted by Crippen LogP contribution is 2.27. The zero-order valence-corrected chi connectivity index (χ0v) is 13.8. The van der Waals surface area contributed by atoms with Crippen molar-refractivity contribution in [3.63, 3.8) is 0 Å². The van der Waals surface area contributed by atoms with Gasteiger partial charge in [-0.15, -0.1) is 0 Å². The molecule has 1 rings (SSSR count). The second-order valence-electron chi connectivity index (χ2n) is 5.54. The van der Waals surface area contributed by atoms with E-state index >= 15 is 0 Å². The minimum Gasteiger partial charge on any atom is -0.310 e. The predicted octanol–water partition coefficient (Wildman–Crippen LogP) is 3.57. The van der Waals surface area contributed by atoms with Crippen LogP contribution in [0.1, 0.15) is 51.6 Å². The summed E-state index contributed by atoms with van der Waals surface area (Å²) in [6.07, 6.45) is 4.60. The van der Waals surface area contributed by atoms with Gasteiger partial charge in [0.2, 0.25) is 0 Å². The van der Waals surface area contributed by atoms with Gasteiger partial charge in [-0.2, -0.15) is 0 Å². The van der Waals surface area contributed by atoms with Gasteiger partial charge in [0.15, 0.2) is 9.84 Å². The van der Waals surface area contributed by atoms with E-state index < -0.39 is 9.84 Å². The largest absolute Gasteiger partial charge is 0.310 e. The van der Waals surface area contributed by atoms with Crippen molar-refractivity contribution in [2.75, 3.05) is 12.8 Å². The van der Waals surface area contributed by atoms with Crippen LogP contribution in [0.15, 0.2) is 29.2 Å². The van der Waals surface area contributed by atoms with E-state index in [-0.39, 0.29) is 6.04 Å². The summed E-state index contributed by atoms with van der Waals surface area (Å²) in [5, 5.41) is 3.55. The minimum atomic E-state index is -3.15. The molecule has 0 heterocycles. The van der Waals surface area contributed by atoms with E-state index in [2.05, 4.69) is 26.1 Å². The van der Waals surface area contributed by atoms with Crippen molar-refractivity contribution < 1.29 is 8.42 Å². The number of benzene rings is 1. The summed E-state index contributed by atoms with van der Waals surface area (Å²) in [6.45, 7) is 7.49. The van der Waals surface area contributed by atoms with Gasteiger partial charge in [0, 0.05) is 12.3 Å². The number of rotatable bonds is 8. The molecule has 1 aromatic rings. The van der Waals surface area contributed by atoms with Crippen LogP contribution < -0.4 is 5.32 Å². The van der Waals surface area contributed by atoms with Gasteiger partial charge in [0.1, 0.15) is 0 Å². The summed E-state index contributed by atoms with van der Waals surface area (Å²) in [5.74, 6) is 0.487. The van der Waals surface area contributed by atoms with Crippen molar-refractivity contribution in [3.8, 4) is 0 Å². The Morgan fingerprint density at radius 1 is 1.20 bits per heavy atom. The predicted molar refractivity (Wildman–Crippen MR) is 84.7 cm³/mol. The molecule has 0 fully saturated rings. The van der Waals surface area contributed by atoms with Gasteiger partial charge in [-0.05, 0) is 43.0 Å². The monoisotopic (exact) mass is 297 g/mol. The minimum absolute atomic E-state index is 0.219. The van der Waals surface area contributed by atoms with Crippen molar-refractivity contribution >= 4 is 9.84 Å². The van der Waals surface area contributed by atoms with E-state index in [0.717, 1.165) is 31.4 Å². The standard InChI is InChI=1S/C16H27NO2S/c1-5-8-13(3)16(17-11-6-2)14-9-7-10-15(12-14)20(4,18)19/h7,9-10,12-13,16-17H,5-6,8,11H2,1-4H3. The maximum Gasteiger partial charge on any atom is 0.175 e. The van der Waals surface area contributed by atoms with Gasteiger partial charge < -0.3 is 5.32 Å². The molecule has 0 aromatic heterocycles. The Balaban J connectivity index is 3.06. The highest BCUT2D eigenvalue weighted by Gasteiger charge is 2.19. The topological polar surface area (TPSA) is 46.2 Å². The second-order valence-corrected chi connectivity index (χ2v) is 7.56. The van der Waals surface area contributed by atoms with E-state index in [9.17, 15) is 8.42 Å². The Morgan fingerprint density at radius 3 is 2.45 bits per heavy atom. The zero-order valence-electron chi connectivity index (χ0n) is 13.0. The molecule has 0 spiro atoms. The summed E-state index contributed by atoms with van der Waals surface area (Å²) in [5.41, 5.74) is 1.07. The van der Waals surface area contributed by atoms with Gasteiger partial charge in [0.25, 0.3) is 0 Å². The van der Waals surface area contributed by atoms with Crippen LogP contribution in [0.4, 0.5) is 0 Å². The highest BCUT2D eigenvalue weighted by atomic mass is 32.2.